The number of rotatable bonds is 20. The first-order valence-electron chi connectivity index (χ1n) is 13.8. The van der Waals surface area contributed by atoms with E-state index in [2.05, 4.69) is 48.4 Å². The molecule has 0 aliphatic carbocycles. The van der Waals surface area contributed by atoms with Gasteiger partial charge < -0.3 is 19.3 Å². The van der Waals surface area contributed by atoms with E-state index in [4.69, 9.17) is 9.47 Å². The summed E-state index contributed by atoms with van der Waals surface area (Å²) in [6.45, 7) is 9.43. The SMILES string of the molecule is CCCCCN(C)CCCCOC(=O)Nc1cccc(NC(=O)OCCCCN(C)CCCCC)c1. The maximum atomic E-state index is 12.1. The maximum absolute atomic E-state index is 12.1. The molecule has 2 N–H and O–H groups in total. The molecule has 0 saturated heterocycles. The van der Waals surface area contributed by atoms with Gasteiger partial charge in [-0.2, -0.15) is 0 Å². The smallest absolute Gasteiger partial charge is 0.411 e. The molecule has 0 saturated carbocycles. The highest BCUT2D eigenvalue weighted by atomic mass is 16.6. The summed E-state index contributed by atoms with van der Waals surface area (Å²) in [6, 6.07) is 6.94. The zero-order valence-electron chi connectivity index (χ0n) is 23.2. The van der Waals surface area contributed by atoms with E-state index in [1.54, 1.807) is 24.3 Å². The standard InChI is InChI=1S/C28H50N4O4/c1-5-7-9-18-31(3)20-11-13-22-35-27(33)29-25-16-15-17-26(24-25)30-28(34)36-23-14-12-21-32(4)19-10-8-6-2/h15-17,24H,5-14,18-23H2,1-4H3,(H,29,33)(H,30,34). The number of unbranched alkanes of at least 4 members (excludes halogenated alkanes) is 6. The Morgan fingerprint density at radius 1 is 0.667 bits per heavy atom. The predicted octanol–water partition coefficient (Wildman–Crippen LogP) is 6.59. The molecular weight excluding hydrogens is 456 g/mol. The Bertz CT molecular complexity index is 661. The summed E-state index contributed by atoms with van der Waals surface area (Å²) in [5.74, 6) is 0. The van der Waals surface area contributed by atoms with Gasteiger partial charge in [-0.05, 0) is 97.0 Å². The average Bonchev–Trinajstić information content (AvgIpc) is 2.84. The molecular formula is C28H50N4O4. The Morgan fingerprint density at radius 2 is 1.06 bits per heavy atom. The van der Waals surface area contributed by atoms with Gasteiger partial charge in [0, 0.05) is 11.4 Å². The molecule has 1 aromatic carbocycles. The number of amides is 2. The third-order valence-corrected chi connectivity index (χ3v) is 5.98. The zero-order valence-corrected chi connectivity index (χ0v) is 23.2. The van der Waals surface area contributed by atoms with Gasteiger partial charge in [-0.25, -0.2) is 9.59 Å². The molecule has 8 heteroatoms. The summed E-state index contributed by atoms with van der Waals surface area (Å²) in [7, 11) is 4.27. The van der Waals surface area contributed by atoms with Gasteiger partial charge in [-0.15, -0.1) is 0 Å². The largest absolute Gasteiger partial charge is 0.449 e. The van der Waals surface area contributed by atoms with Crippen LogP contribution in [0.25, 0.3) is 0 Å². The fourth-order valence-electron chi connectivity index (χ4n) is 3.77. The lowest BCUT2D eigenvalue weighted by molar-refractivity contribution is 0.157. The van der Waals surface area contributed by atoms with Gasteiger partial charge in [0.15, 0.2) is 0 Å². The summed E-state index contributed by atoms with van der Waals surface area (Å²) < 4.78 is 10.6. The first kappa shape index (κ1) is 31.7. The van der Waals surface area contributed by atoms with Gasteiger partial charge in [-0.1, -0.05) is 45.6 Å². The molecule has 0 radical (unpaired) electrons. The van der Waals surface area contributed by atoms with E-state index >= 15 is 0 Å². The van der Waals surface area contributed by atoms with Gasteiger partial charge in [-0.3, -0.25) is 10.6 Å². The normalized spacial score (nSPS) is 11.1. The lowest BCUT2D eigenvalue weighted by Crippen LogP contribution is -2.21. The first-order chi connectivity index (χ1) is 17.4. The zero-order chi connectivity index (χ0) is 26.4. The van der Waals surface area contributed by atoms with Gasteiger partial charge in [0.05, 0.1) is 13.2 Å². The van der Waals surface area contributed by atoms with E-state index in [0.717, 1.165) is 51.9 Å². The molecule has 1 aromatic rings. The van der Waals surface area contributed by atoms with Crippen molar-refractivity contribution in [3.05, 3.63) is 24.3 Å². The van der Waals surface area contributed by atoms with Crippen LogP contribution in [0.5, 0.6) is 0 Å². The molecule has 0 aliphatic rings. The molecule has 1 rings (SSSR count). The molecule has 0 atom stereocenters. The maximum Gasteiger partial charge on any atom is 0.411 e. The Hall–Kier alpha value is -2.32. The number of ether oxygens (including phenoxy) is 2. The van der Waals surface area contributed by atoms with Crippen molar-refractivity contribution in [2.75, 3.05) is 64.1 Å². The number of hydrogen-bond acceptors (Lipinski definition) is 6. The summed E-state index contributed by atoms with van der Waals surface area (Å²) >= 11 is 0. The Balaban J connectivity index is 2.18. The van der Waals surface area contributed by atoms with Crippen molar-refractivity contribution in [2.45, 2.75) is 78.1 Å². The van der Waals surface area contributed by atoms with E-state index in [1.165, 1.54) is 38.5 Å². The number of anilines is 2. The van der Waals surface area contributed by atoms with Crippen LogP contribution < -0.4 is 10.6 Å². The Labute approximate surface area is 219 Å². The summed E-state index contributed by atoms with van der Waals surface area (Å²) in [5.41, 5.74) is 1.11. The van der Waals surface area contributed by atoms with Gasteiger partial charge in [0.25, 0.3) is 0 Å². The summed E-state index contributed by atoms with van der Waals surface area (Å²) in [4.78, 5) is 28.8. The van der Waals surface area contributed by atoms with E-state index in [0.29, 0.717) is 24.6 Å². The van der Waals surface area contributed by atoms with E-state index in [1.807, 2.05) is 0 Å². The van der Waals surface area contributed by atoms with Crippen LogP contribution in [0.3, 0.4) is 0 Å². The average molecular weight is 507 g/mol. The second kappa shape index (κ2) is 20.8. The summed E-state index contributed by atoms with van der Waals surface area (Å²) in [6.07, 6.45) is 10.1. The second-order valence-electron chi connectivity index (χ2n) is 9.54. The molecule has 8 nitrogen and oxygen atoms in total. The molecule has 0 aromatic heterocycles. The van der Waals surface area contributed by atoms with Gasteiger partial charge in [0.1, 0.15) is 0 Å². The summed E-state index contributed by atoms with van der Waals surface area (Å²) in [5, 5.41) is 5.42. The van der Waals surface area contributed by atoms with Crippen molar-refractivity contribution < 1.29 is 19.1 Å². The van der Waals surface area contributed by atoms with Gasteiger partial charge >= 0.3 is 12.2 Å². The van der Waals surface area contributed by atoms with E-state index in [9.17, 15) is 9.59 Å². The van der Waals surface area contributed by atoms with Crippen LogP contribution in [0.2, 0.25) is 0 Å². The van der Waals surface area contributed by atoms with Gasteiger partial charge in [0.2, 0.25) is 0 Å². The van der Waals surface area contributed by atoms with Crippen LogP contribution in [0.4, 0.5) is 21.0 Å². The number of benzene rings is 1. The molecule has 0 aliphatic heterocycles. The lowest BCUT2D eigenvalue weighted by Gasteiger charge is -2.16. The Kier molecular flexibility index (Phi) is 18.3. The Morgan fingerprint density at radius 3 is 1.44 bits per heavy atom. The van der Waals surface area contributed by atoms with Crippen molar-refractivity contribution in [2.24, 2.45) is 0 Å². The number of nitrogens with one attached hydrogen (secondary N) is 2. The third kappa shape index (κ3) is 17.2. The minimum absolute atomic E-state index is 0.382. The second-order valence-corrected chi connectivity index (χ2v) is 9.54. The molecule has 36 heavy (non-hydrogen) atoms. The highest BCUT2D eigenvalue weighted by molar-refractivity contribution is 5.88. The molecule has 206 valence electrons. The fourth-order valence-corrected chi connectivity index (χ4v) is 3.77. The molecule has 0 bridgehead atoms. The van der Waals surface area contributed by atoms with Crippen molar-refractivity contribution in [1.82, 2.24) is 9.80 Å². The molecule has 2 amide bonds. The van der Waals surface area contributed by atoms with Crippen LogP contribution in [0, 0.1) is 0 Å². The lowest BCUT2D eigenvalue weighted by atomic mass is 10.2. The molecule has 0 unspecified atom stereocenters. The minimum atomic E-state index is -0.495. The highest BCUT2D eigenvalue weighted by Gasteiger charge is 2.07. The monoisotopic (exact) mass is 506 g/mol. The predicted molar refractivity (Wildman–Crippen MR) is 149 cm³/mol. The van der Waals surface area contributed by atoms with Crippen LogP contribution in [-0.2, 0) is 9.47 Å². The molecule has 0 fully saturated rings. The number of nitrogens with zero attached hydrogens (tertiary/aromatic N) is 2. The number of carbonyl (C=O) groups excluding carboxylic acids is 2. The highest BCUT2D eigenvalue weighted by Crippen LogP contribution is 2.16. The third-order valence-electron chi connectivity index (χ3n) is 5.98. The topological polar surface area (TPSA) is 83.1 Å². The van der Waals surface area contributed by atoms with Crippen molar-refractivity contribution >= 4 is 23.6 Å². The quantitative estimate of drug-likeness (QED) is 0.194. The molecule has 0 spiro atoms. The van der Waals surface area contributed by atoms with Crippen molar-refractivity contribution in [1.29, 1.82) is 0 Å². The number of carbonyl (C=O) groups is 2. The molecule has 0 heterocycles. The van der Waals surface area contributed by atoms with Crippen molar-refractivity contribution in [3.8, 4) is 0 Å². The van der Waals surface area contributed by atoms with E-state index in [-0.39, 0.29) is 0 Å². The van der Waals surface area contributed by atoms with Crippen LogP contribution in [0.1, 0.15) is 78.1 Å². The van der Waals surface area contributed by atoms with Crippen LogP contribution in [-0.4, -0.2) is 75.5 Å². The minimum Gasteiger partial charge on any atom is -0.449 e. The van der Waals surface area contributed by atoms with Crippen LogP contribution in [0.15, 0.2) is 24.3 Å². The van der Waals surface area contributed by atoms with Crippen molar-refractivity contribution in [3.63, 3.8) is 0 Å². The van der Waals surface area contributed by atoms with Crippen LogP contribution >= 0.6 is 0 Å². The fraction of sp³-hybridized carbons (Fsp3) is 0.714. The number of hydrogen-bond donors (Lipinski definition) is 2. The first-order valence-corrected chi connectivity index (χ1v) is 13.8. The van der Waals surface area contributed by atoms with E-state index < -0.39 is 12.2 Å².